The van der Waals surface area contributed by atoms with E-state index >= 15 is 0 Å². The first-order valence-electron chi connectivity index (χ1n) is 11.2. The van der Waals surface area contributed by atoms with E-state index in [4.69, 9.17) is 11.6 Å². The third kappa shape index (κ3) is 4.36. The lowest BCUT2D eigenvalue weighted by atomic mass is 10.1. The molecule has 4 aromatic rings. The van der Waals surface area contributed by atoms with Crippen molar-refractivity contribution in [2.75, 3.05) is 5.32 Å². The van der Waals surface area contributed by atoms with Crippen LogP contribution in [0.5, 0.6) is 5.75 Å². The predicted molar refractivity (Wildman–Crippen MR) is 135 cm³/mol. The Morgan fingerprint density at radius 1 is 0.889 bits per heavy atom. The first-order valence-corrected chi connectivity index (χ1v) is 11.5. The van der Waals surface area contributed by atoms with Crippen molar-refractivity contribution in [2.45, 2.75) is 26.2 Å². The molecule has 0 spiro atoms. The number of nitrogens with one attached hydrogen (secondary N) is 1. The van der Waals surface area contributed by atoms with Gasteiger partial charge >= 0.3 is 5.69 Å². The summed E-state index contributed by atoms with van der Waals surface area (Å²) in [5, 5.41) is 13.0. The molecule has 0 unspecified atom stereocenters. The molecule has 1 aliphatic heterocycles. The minimum absolute atomic E-state index is 0.0851. The Labute approximate surface area is 209 Å². The van der Waals surface area contributed by atoms with Crippen molar-refractivity contribution in [3.8, 4) is 5.75 Å². The van der Waals surface area contributed by atoms with Gasteiger partial charge in [-0.15, -0.1) is 0 Å². The van der Waals surface area contributed by atoms with Crippen LogP contribution in [0.4, 0.5) is 5.69 Å². The summed E-state index contributed by atoms with van der Waals surface area (Å²) in [6.45, 7) is -0.101. The Kier molecular flexibility index (Phi) is 6.07. The number of fused-ring (bicyclic) bond motifs is 2. The molecule has 2 N–H and O–H groups in total. The fourth-order valence-corrected chi connectivity index (χ4v) is 4.52. The molecule has 2 heterocycles. The van der Waals surface area contributed by atoms with Gasteiger partial charge in [-0.1, -0.05) is 48.0 Å². The summed E-state index contributed by atoms with van der Waals surface area (Å²) in [5.74, 6) is -1.18. The molecule has 0 saturated heterocycles. The van der Waals surface area contributed by atoms with E-state index in [1.54, 1.807) is 29.2 Å². The highest BCUT2D eigenvalue weighted by Gasteiger charge is 2.25. The summed E-state index contributed by atoms with van der Waals surface area (Å²) in [7, 11) is 0. The highest BCUT2D eigenvalue weighted by molar-refractivity contribution is 6.31. The topological polar surface area (TPSA) is 114 Å². The van der Waals surface area contributed by atoms with E-state index in [1.807, 2.05) is 24.3 Å². The molecule has 2 amide bonds. The van der Waals surface area contributed by atoms with E-state index in [0.29, 0.717) is 18.1 Å². The molecule has 3 aromatic carbocycles. The molecule has 0 fully saturated rings. The number of hydrogen-bond donors (Lipinski definition) is 2. The van der Waals surface area contributed by atoms with Gasteiger partial charge in [0, 0.05) is 18.1 Å². The molecule has 36 heavy (non-hydrogen) atoms. The number of halogens is 1. The summed E-state index contributed by atoms with van der Waals surface area (Å²) in [6, 6.07) is 18.2. The molecule has 0 aliphatic carbocycles. The summed E-state index contributed by atoms with van der Waals surface area (Å²) in [6.07, 6.45) is 0. The number of hydrogen-bond acceptors (Lipinski definition) is 5. The first-order chi connectivity index (χ1) is 17.3. The summed E-state index contributed by atoms with van der Waals surface area (Å²) in [5.41, 5.74) is 1.00. The molecule has 1 aromatic heterocycles. The van der Waals surface area contributed by atoms with Crippen molar-refractivity contribution in [1.29, 1.82) is 0 Å². The second-order valence-corrected chi connectivity index (χ2v) is 8.94. The van der Waals surface area contributed by atoms with E-state index in [1.165, 1.54) is 18.2 Å². The molecule has 0 radical (unpaired) electrons. The highest BCUT2D eigenvalue weighted by atomic mass is 35.5. The molecule has 5 rings (SSSR count). The third-order valence-corrected chi connectivity index (χ3v) is 6.39. The van der Waals surface area contributed by atoms with Crippen LogP contribution in [0, 0.1) is 0 Å². The molecule has 182 valence electrons. The van der Waals surface area contributed by atoms with Gasteiger partial charge < -0.3 is 15.3 Å². The predicted octanol–water partition coefficient (Wildman–Crippen LogP) is 2.70. The van der Waals surface area contributed by atoms with Gasteiger partial charge in [0.15, 0.2) is 0 Å². The second kappa shape index (κ2) is 9.35. The van der Waals surface area contributed by atoms with Crippen LogP contribution in [-0.2, 0) is 35.8 Å². The van der Waals surface area contributed by atoms with Gasteiger partial charge in [0.1, 0.15) is 18.8 Å². The smallest absolute Gasteiger partial charge is 0.332 e. The van der Waals surface area contributed by atoms with Gasteiger partial charge in [-0.25, -0.2) is 4.79 Å². The van der Waals surface area contributed by atoms with Crippen molar-refractivity contribution >= 4 is 40.0 Å². The van der Waals surface area contributed by atoms with Crippen LogP contribution in [0.25, 0.3) is 10.9 Å². The lowest BCUT2D eigenvalue weighted by Gasteiger charge is -2.18. The fraction of sp³-hybridized carbons (Fsp3) is 0.154. The molecule has 9 nitrogen and oxygen atoms in total. The normalized spacial score (nSPS) is 12.5. The Morgan fingerprint density at radius 2 is 1.56 bits per heavy atom. The lowest BCUT2D eigenvalue weighted by molar-refractivity contribution is -0.132. The van der Waals surface area contributed by atoms with E-state index in [-0.39, 0.29) is 28.2 Å². The van der Waals surface area contributed by atoms with Crippen molar-refractivity contribution in [3.63, 3.8) is 0 Å². The van der Waals surface area contributed by atoms with E-state index < -0.39 is 30.2 Å². The maximum atomic E-state index is 13.4. The van der Waals surface area contributed by atoms with Crippen LogP contribution < -0.4 is 16.6 Å². The molecular formula is C26H21ClN4O5. The average Bonchev–Trinajstić information content (AvgIpc) is 3.31. The van der Waals surface area contributed by atoms with Gasteiger partial charge in [0.2, 0.25) is 11.8 Å². The number of phenolic OH excluding ortho intramolecular Hbond substituents is 1. The van der Waals surface area contributed by atoms with Crippen LogP contribution in [0.2, 0.25) is 5.02 Å². The summed E-state index contributed by atoms with van der Waals surface area (Å²) in [4.78, 5) is 54.0. The summed E-state index contributed by atoms with van der Waals surface area (Å²) < 4.78 is 2.00. The number of aromatic nitrogens is 2. The Bertz CT molecular complexity index is 1620. The van der Waals surface area contributed by atoms with Crippen LogP contribution in [0.1, 0.15) is 11.1 Å². The third-order valence-electron chi connectivity index (χ3n) is 6.15. The van der Waals surface area contributed by atoms with Gasteiger partial charge in [0.25, 0.3) is 5.56 Å². The summed E-state index contributed by atoms with van der Waals surface area (Å²) >= 11 is 5.94. The van der Waals surface area contributed by atoms with E-state index in [2.05, 4.69) is 5.32 Å². The monoisotopic (exact) mass is 504 g/mol. The molecule has 1 aliphatic rings. The van der Waals surface area contributed by atoms with Crippen molar-refractivity contribution in [2.24, 2.45) is 0 Å². The fourth-order valence-electron chi connectivity index (χ4n) is 4.35. The number of carbonyl (C=O) groups is 2. The molecule has 0 atom stereocenters. The number of rotatable bonds is 5. The van der Waals surface area contributed by atoms with Crippen LogP contribution in [-0.4, -0.2) is 31.0 Å². The number of anilines is 1. The number of carbonyl (C=O) groups excluding carboxylic acids is 2. The van der Waals surface area contributed by atoms with Crippen LogP contribution >= 0.6 is 11.6 Å². The lowest BCUT2D eigenvalue weighted by Crippen LogP contribution is -2.45. The highest BCUT2D eigenvalue weighted by Crippen LogP contribution is 2.26. The van der Waals surface area contributed by atoms with Crippen molar-refractivity contribution in [3.05, 3.63) is 104 Å². The van der Waals surface area contributed by atoms with Gasteiger partial charge in [0.05, 0.1) is 16.6 Å². The number of phenols is 1. The van der Waals surface area contributed by atoms with Gasteiger partial charge in [-0.2, -0.15) is 0 Å². The Morgan fingerprint density at radius 3 is 2.28 bits per heavy atom. The van der Waals surface area contributed by atoms with Gasteiger partial charge in [-0.3, -0.25) is 23.5 Å². The van der Waals surface area contributed by atoms with E-state index in [9.17, 15) is 24.3 Å². The zero-order chi connectivity index (χ0) is 25.4. The Balaban J connectivity index is 1.47. The standard InChI is InChI=1S/C26H21ClN4O5/c27-18-9-10-22(32)20(11-18)28-23(33)14-30-21-8-4-3-7-19(21)25(35)31(26(30)36)15-24(34)29-12-16-5-1-2-6-17(16)13-29/h1-11,32H,12-15H2,(H,28,33). The Hall–Kier alpha value is -4.37. The molecule has 0 bridgehead atoms. The van der Waals surface area contributed by atoms with E-state index in [0.717, 1.165) is 20.3 Å². The largest absolute Gasteiger partial charge is 0.506 e. The number of aromatic hydroxyl groups is 1. The quantitative estimate of drug-likeness (QED) is 0.406. The van der Waals surface area contributed by atoms with Crippen molar-refractivity contribution in [1.82, 2.24) is 14.0 Å². The number of benzene rings is 3. The first kappa shape index (κ1) is 23.4. The zero-order valence-corrected chi connectivity index (χ0v) is 19.7. The number of para-hydroxylation sites is 1. The molecule has 10 heteroatoms. The minimum Gasteiger partial charge on any atom is -0.506 e. The SMILES string of the molecule is O=C(Cn1c(=O)n(CC(=O)N2Cc3ccccc3C2)c(=O)c2ccccc21)Nc1cc(Cl)ccc1O. The van der Waals surface area contributed by atoms with Crippen LogP contribution in [0.3, 0.4) is 0 Å². The second-order valence-electron chi connectivity index (χ2n) is 8.51. The number of nitrogens with zero attached hydrogens (tertiary/aromatic N) is 3. The van der Waals surface area contributed by atoms with Crippen molar-refractivity contribution < 1.29 is 14.7 Å². The molecule has 0 saturated carbocycles. The van der Waals surface area contributed by atoms with Crippen LogP contribution in [0.15, 0.2) is 76.3 Å². The molecular weight excluding hydrogens is 484 g/mol. The maximum absolute atomic E-state index is 13.4. The maximum Gasteiger partial charge on any atom is 0.332 e. The minimum atomic E-state index is -0.783. The van der Waals surface area contributed by atoms with Gasteiger partial charge in [-0.05, 0) is 41.5 Å². The zero-order valence-electron chi connectivity index (χ0n) is 19.0. The average molecular weight is 505 g/mol. The number of amides is 2.